The molecule has 25 heavy (non-hydrogen) atoms. The number of piperazine rings is 1. The van der Waals surface area contributed by atoms with Crippen molar-refractivity contribution in [2.45, 2.75) is 64.5 Å². The Balaban J connectivity index is 1.51. The molecule has 1 aromatic carbocycles. The lowest BCUT2D eigenvalue weighted by Crippen LogP contribution is -2.53. The van der Waals surface area contributed by atoms with E-state index in [-0.39, 0.29) is 5.91 Å². The minimum absolute atomic E-state index is 0.112. The maximum Gasteiger partial charge on any atom is 0.263 e. The Kier molecular flexibility index (Phi) is 6.00. The van der Waals surface area contributed by atoms with E-state index >= 15 is 0 Å². The first-order valence-corrected chi connectivity index (χ1v) is 9.84. The van der Waals surface area contributed by atoms with E-state index < -0.39 is 6.10 Å². The number of hydrogen-bond acceptors (Lipinski definition) is 3. The zero-order valence-electron chi connectivity index (χ0n) is 15.9. The molecule has 138 valence electrons. The Hall–Kier alpha value is -1.55. The van der Waals surface area contributed by atoms with Crippen LogP contribution in [-0.2, 0) is 4.79 Å². The molecule has 4 heteroatoms. The molecule has 1 saturated heterocycles. The SMILES string of the molecule is CC(Oc1cccc(C(C)C)c1)C(=O)N1CCN(C2CCCC2)CC1. The van der Waals surface area contributed by atoms with Gasteiger partial charge in [-0.3, -0.25) is 9.69 Å². The van der Waals surface area contributed by atoms with Crippen molar-refractivity contribution in [2.75, 3.05) is 26.2 Å². The van der Waals surface area contributed by atoms with E-state index in [1.807, 2.05) is 30.0 Å². The molecule has 1 atom stereocenters. The fraction of sp³-hybridized carbons (Fsp3) is 0.667. The van der Waals surface area contributed by atoms with Crippen LogP contribution in [0.1, 0.15) is 57.9 Å². The molecule has 0 radical (unpaired) electrons. The summed E-state index contributed by atoms with van der Waals surface area (Å²) in [6.45, 7) is 9.87. The van der Waals surface area contributed by atoms with Crippen molar-refractivity contribution in [1.29, 1.82) is 0 Å². The zero-order valence-corrected chi connectivity index (χ0v) is 15.9. The predicted molar refractivity (Wildman–Crippen MR) is 101 cm³/mol. The van der Waals surface area contributed by atoms with Gasteiger partial charge in [0.05, 0.1) is 0 Å². The first-order chi connectivity index (χ1) is 12.0. The molecule has 4 nitrogen and oxygen atoms in total. The molecular formula is C21H32N2O2. The molecule has 0 aromatic heterocycles. The van der Waals surface area contributed by atoms with E-state index in [0.29, 0.717) is 5.92 Å². The van der Waals surface area contributed by atoms with Crippen molar-refractivity contribution >= 4 is 5.91 Å². The number of carbonyl (C=O) groups excluding carboxylic acids is 1. The van der Waals surface area contributed by atoms with E-state index in [9.17, 15) is 4.79 Å². The molecule has 0 spiro atoms. The van der Waals surface area contributed by atoms with Crippen molar-refractivity contribution in [3.63, 3.8) is 0 Å². The number of nitrogens with zero attached hydrogens (tertiary/aromatic N) is 2. The molecule has 1 aliphatic heterocycles. The van der Waals surface area contributed by atoms with Crippen molar-refractivity contribution in [3.8, 4) is 5.75 Å². The number of rotatable bonds is 5. The van der Waals surface area contributed by atoms with E-state index in [1.54, 1.807) is 0 Å². The highest BCUT2D eigenvalue weighted by Gasteiger charge is 2.30. The molecular weight excluding hydrogens is 312 g/mol. The maximum absolute atomic E-state index is 12.7. The van der Waals surface area contributed by atoms with E-state index in [2.05, 4.69) is 24.8 Å². The van der Waals surface area contributed by atoms with Gasteiger partial charge in [0.2, 0.25) is 0 Å². The standard InChI is InChI=1S/C21H32N2O2/c1-16(2)18-7-6-10-20(15-18)25-17(3)21(24)23-13-11-22(12-14-23)19-8-4-5-9-19/h6-7,10,15-17,19H,4-5,8-9,11-14H2,1-3H3. The summed E-state index contributed by atoms with van der Waals surface area (Å²) in [5, 5.41) is 0. The van der Waals surface area contributed by atoms with Crippen molar-refractivity contribution in [2.24, 2.45) is 0 Å². The van der Waals surface area contributed by atoms with Gasteiger partial charge in [-0.25, -0.2) is 0 Å². The number of hydrogen-bond donors (Lipinski definition) is 0. The Bertz CT molecular complexity index is 573. The van der Waals surface area contributed by atoms with Crippen LogP contribution in [0.2, 0.25) is 0 Å². The zero-order chi connectivity index (χ0) is 17.8. The highest BCUT2D eigenvalue weighted by Crippen LogP contribution is 2.25. The monoisotopic (exact) mass is 344 g/mol. The van der Waals surface area contributed by atoms with Gasteiger partial charge >= 0.3 is 0 Å². The molecule has 0 N–H and O–H groups in total. The van der Waals surface area contributed by atoms with Crippen LogP contribution in [0.5, 0.6) is 5.75 Å². The third-order valence-corrected chi connectivity index (χ3v) is 5.65. The van der Waals surface area contributed by atoms with Gasteiger partial charge in [0.15, 0.2) is 6.10 Å². The van der Waals surface area contributed by atoms with Gasteiger partial charge in [-0.2, -0.15) is 0 Å². The van der Waals surface area contributed by atoms with Gasteiger partial charge in [0.25, 0.3) is 5.91 Å². The Labute approximate surface area is 152 Å². The fourth-order valence-electron chi connectivity index (χ4n) is 4.04. The van der Waals surface area contributed by atoms with Crippen LogP contribution in [0.15, 0.2) is 24.3 Å². The minimum atomic E-state index is -0.430. The molecule has 1 aliphatic carbocycles. The van der Waals surface area contributed by atoms with E-state index in [0.717, 1.165) is 38.0 Å². The molecule has 1 unspecified atom stereocenters. The van der Waals surface area contributed by atoms with Crippen LogP contribution in [0.3, 0.4) is 0 Å². The Morgan fingerprint density at radius 2 is 1.76 bits per heavy atom. The van der Waals surface area contributed by atoms with Crippen LogP contribution in [0.25, 0.3) is 0 Å². The van der Waals surface area contributed by atoms with Crippen LogP contribution in [0, 0.1) is 0 Å². The molecule has 1 aromatic rings. The molecule has 2 aliphatic rings. The predicted octanol–water partition coefficient (Wildman–Crippen LogP) is 3.66. The largest absolute Gasteiger partial charge is 0.481 e. The second kappa shape index (κ2) is 8.22. The van der Waals surface area contributed by atoms with E-state index in [1.165, 1.54) is 31.2 Å². The molecule has 1 heterocycles. The summed E-state index contributed by atoms with van der Waals surface area (Å²) >= 11 is 0. The maximum atomic E-state index is 12.7. The second-order valence-electron chi connectivity index (χ2n) is 7.79. The first-order valence-electron chi connectivity index (χ1n) is 9.84. The average Bonchev–Trinajstić information content (AvgIpc) is 3.16. The highest BCUT2D eigenvalue weighted by atomic mass is 16.5. The van der Waals surface area contributed by atoms with Gasteiger partial charge in [-0.15, -0.1) is 0 Å². The third kappa shape index (κ3) is 4.55. The lowest BCUT2D eigenvalue weighted by molar-refractivity contribution is -0.140. The fourth-order valence-corrected chi connectivity index (χ4v) is 4.04. The highest BCUT2D eigenvalue weighted by molar-refractivity contribution is 5.81. The van der Waals surface area contributed by atoms with Gasteiger partial charge in [-0.1, -0.05) is 38.8 Å². The summed E-state index contributed by atoms with van der Waals surface area (Å²) in [5.41, 5.74) is 1.24. The topological polar surface area (TPSA) is 32.8 Å². The lowest BCUT2D eigenvalue weighted by atomic mass is 10.0. The van der Waals surface area contributed by atoms with Gasteiger partial charge in [0.1, 0.15) is 5.75 Å². The number of carbonyl (C=O) groups is 1. The van der Waals surface area contributed by atoms with Crippen molar-refractivity contribution in [1.82, 2.24) is 9.80 Å². The number of amides is 1. The van der Waals surface area contributed by atoms with Crippen LogP contribution in [0.4, 0.5) is 0 Å². The average molecular weight is 344 g/mol. The van der Waals surface area contributed by atoms with Crippen LogP contribution in [-0.4, -0.2) is 54.0 Å². The number of benzene rings is 1. The smallest absolute Gasteiger partial charge is 0.263 e. The summed E-state index contributed by atoms with van der Waals surface area (Å²) in [6.07, 6.45) is 4.97. The molecule has 1 saturated carbocycles. The van der Waals surface area contributed by atoms with Gasteiger partial charge in [-0.05, 0) is 43.4 Å². The minimum Gasteiger partial charge on any atom is -0.481 e. The van der Waals surface area contributed by atoms with Gasteiger partial charge < -0.3 is 9.64 Å². The normalized spacial score (nSPS) is 20.9. The third-order valence-electron chi connectivity index (χ3n) is 5.65. The van der Waals surface area contributed by atoms with Gasteiger partial charge in [0, 0.05) is 32.2 Å². The van der Waals surface area contributed by atoms with Crippen molar-refractivity contribution in [3.05, 3.63) is 29.8 Å². The summed E-state index contributed by atoms with van der Waals surface area (Å²) in [6, 6.07) is 8.85. The van der Waals surface area contributed by atoms with E-state index in [4.69, 9.17) is 4.74 Å². The molecule has 3 rings (SSSR count). The second-order valence-corrected chi connectivity index (χ2v) is 7.79. The summed E-state index contributed by atoms with van der Waals surface area (Å²) < 4.78 is 5.94. The molecule has 0 bridgehead atoms. The lowest BCUT2D eigenvalue weighted by Gasteiger charge is -2.38. The van der Waals surface area contributed by atoms with Crippen molar-refractivity contribution < 1.29 is 9.53 Å². The van der Waals surface area contributed by atoms with Crippen LogP contribution >= 0.6 is 0 Å². The summed E-state index contributed by atoms with van der Waals surface area (Å²) in [5.74, 6) is 1.36. The summed E-state index contributed by atoms with van der Waals surface area (Å²) in [4.78, 5) is 17.3. The molecule has 1 amide bonds. The Morgan fingerprint density at radius 1 is 1.08 bits per heavy atom. The number of ether oxygens (including phenoxy) is 1. The first kappa shape index (κ1) is 18.2. The van der Waals surface area contributed by atoms with Crippen LogP contribution < -0.4 is 4.74 Å². The Morgan fingerprint density at radius 3 is 2.40 bits per heavy atom. The quantitative estimate of drug-likeness (QED) is 0.817. The molecule has 2 fully saturated rings. The summed E-state index contributed by atoms with van der Waals surface area (Å²) in [7, 11) is 0.